The summed E-state index contributed by atoms with van der Waals surface area (Å²) in [5.41, 5.74) is 3.51. The average molecular weight is 350 g/mol. The fraction of sp³-hybridized carbons (Fsp3) is 0.238. The Hall–Kier alpha value is -2.95. The van der Waals surface area contributed by atoms with Crippen LogP contribution in [0.25, 0.3) is 10.9 Å². The molecule has 2 aromatic carbocycles. The molecule has 4 nitrogen and oxygen atoms in total. The van der Waals surface area contributed by atoms with Crippen molar-refractivity contribution in [2.24, 2.45) is 0 Å². The molecule has 0 unspecified atom stereocenters. The third-order valence-electron chi connectivity index (χ3n) is 5.02. The van der Waals surface area contributed by atoms with E-state index in [1.807, 2.05) is 18.2 Å². The minimum Gasteiger partial charge on any atom is -0.481 e. The first-order valence-electron chi connectivity index (χ1n) is 8.63. The van der Waals surface area contributed by atoms with Gasteiger partial charge in [-0.1, -0.05) is 30.3 Å². The van der Waals surface area contributed by atoms with Crippen LogP contribution in [0.15, 0.2) is 48.5 Å². The van der Waals surface area contributed by atoms with Gasteiger partial charge in [-0.2, -0.15) is 0 Å². The molecule has 0 spiro atoms. The smallest absolute Gasteiger partial charge is 0.307 e. The Kier molecular flexibility index (Phi) is 3.87. The summed E-state index contributed by atoms with van der Waals surface area (Å²) in [6, 6.07) is 14.5. The first-order valence-corrected chi connectivity index (χ1v) is 8.63. The van der Waals surface area contributed by atoms with Gasteiger partial charge >= 0.3 is 5.97 Å². The highest BCUT2D eigenvalue weighted by atomic mass is 19.1. The lowest BCUT2D eigenvalue weighted by Gasteiger charge is -2.24. The summed E-state index contributed by atoms with van der Waals surface area (Å²) in [7, 11) is 0. The van der Waals surface area contributed by atoms with Crippen molar-refractivity contribution in [2.75, 3.05) is 5.32 Å². The molecule has 2 N–H and O–H groups in total. The summed E-state index contributed by atoms with van der Waals surface area (Å²) in [5.74, 6) is -1.30. The molecule has 0 atom stereocenters. The summed E-state index contributed by atoms with van der Waals surface area (Å²) < 4.78 is 13.9. The second-order valence-corrected chi connectivity index (χ2v) is 6.86. The SMILES string of the molecule is Cc1nc2ccc(F)cc2c(NC2(c3ccccc3)CC2)c1CC(=O)O. The van der Waals surface area contributed by atoms with Crippen molar-refractivity contribution in [1.82, 2.24) is 4.98 Å². The van der Waals surface area contributed by atoms with Crippen LogP contribution in [0.4, 0.5) is 10.1 Å². The third kappa shape index (κ3) is 2.90. The van der Waals surface area contributed by atoms with Crippen LogP contribution in [0.2, 0.25) is 0 Å². The molecule has 132 valence electrons. The third-order valence-corrected chi connectivity index (χ3v) is 5.02. The van der Waals surface area contributed by atoms with Gasteiger partial charge in [0.1, 0.15) is 5.82 Å². The molecule has 0 radical (unpaired) electrons. The summed E-state index contributed by atoms with van der Waals surface area (Å²) in [5, 5.41) is 13.5. The van der Waals surface area contributed by atoms with E-state index in [1.54, 1.807) is 13.0 Å². The lowest BCUT2D eigenvalue weighted by molar-refractivity contribution is -0.136. The molecule has 5 heteroatoms. The second kappa shape index (κ2) is 6.09. The number of nitrogens with one attached hydrogen (secondary N) is 1. The van der Waals surface area contributed by atoms with Gasteiger partial charge in [0.05, 0.1) is 17.5 Å². The number of fused-ring (bicyclic) bond motifs is 1. The molecule has 1 aromatic heterocycles. The number of pyridine rings is 1. The zero-order valence-corrected chi connectivity index (χ0v) is 14.4. The van der Waals surface area contributed by atoms with Crippen molar-refractivity contribution in [1.29, 1.82) is 0 Å². The lowest BCUT2D eigenvalue weighted by Crippen LogP contribution is -2.21. The quantitative estimate of drug-likeness (QED) is 0.715. The van der Waals surface area contributed by atoms with Crippen molar-refractivity contribution in [3.8, 4) is 0 Å². The fourth-order valence-electron chi connectivity index (χ4n) is 3.52. The van der Waals surface area contributed by atoms with Gasteiger partial charge < -0.3 is 10.4 Å². The van der Waals surface area contributed by atoms with E-state index in [2.05, 4.69) is 22.4 Å². The van der Waals surface area contributed by atoms with E-state index in [1.165, 1.54) is 12.1 Å². The number of carboxylic acids is 1. The molecule has 3 aromatic rings. The van der Waals surface area contributed by atoms with Crippen molar-refractivity contribution in [3.63, 3.8) is 0 Å². The van der Waals surface area contributed by atoms with Crippen LogP contribution in [0.1, 0.15) is 29.7 Å². The van der Waals surface area contributed by atoms with Crippen LogP contribution in [-0.2, 0) is 16.8 Å². The number of halogens is 1. The van der Waals surface area contributed by atoms with Crippen LogP contribution in [0.5, 0.6) is 0 Å². The van der Waals surface area contributed by atoms with Crippen molar-refractivity contribution >= 4 is 22.6 Å². The van der Waals surface area contributed by atoms with E-state index < -0.39 is 5.97 Å². The number of aliphatic carboxylic acids is 1. The van der Waals surface area contributed by atoms with Gasteiger partial charge in [-0.25, -0.2) is 4.39 Å². The zero-order chi connectivity index (χ0) is 18.3. The predicted octanol–water partition coefficient (Wildman–Crippen LogP) is 4.41. The maximum Gasteiger partial charge on any atom is 0.307 e. The minimum atomic E-state index is -0.932. The highest BCUT2D eigenvalue weighted by Gasteiger charge is 2.45. The molecular formula is C21H19FN2O2. The van der Waals surface area contributed by atoms with E-state index in [9.17, 15) is 14.3 Å². The Bertz CT molecular complexity index is 998. The van der Waals surface area contributed by atoms with E-state index >= 15 is 0 Å². The molecular weight excluding hydrogens is 331 g/mol. The van der Waals surface area contributed by atoms with Gasteiger partial charge in [-0.3, -0.25) is 9.78 Å². The van der Waals surface area contributed by atoms with Gasteiger partial charge in [0.15, 0.2) is 0 Å². The van der Waals surface area contributed by atoms with Crippen molar-refractivity contribution in [2.45, 2.75) is 31.7 Å². The number of anilines is 1. The van der Waals surface area contributed by atoms with Crippen molar-refractivity contribution < 1.29 is 14.3 Å². The minimum absolute atomic E-state index is 0.154. The van der Waals surface area contributed by atoms with Gasteiger partial charge in [-0.15, -0.1) is 0 Å². The fourth-order valence-corrected chi connectivity index (χ4v) is 3.52. The number of hydrogen-bond acceptors (Lipinski definition) is 3. The largest absolute Gasteiger partial charge is 0.481 e. The summed E-state index contributed by atoms with van der Waals surface area (Å²) in [6.45, 7) is 1.80. The number of carboxylic acid groups (broad SMARTS) is 1. The molecule has 1 heterocycles. The molecule has 0 bridgehead atoms. The van der Waals surface area contributed by atoms with Gasteiger partial charge in [0.25, 0.3) is 0 Å². The van der Waals surface area contributed by atoms with E-state index in [0.29, 0.717) is 27.8 Å². The van der Waals surface area contributed by atoms with Gasteiger partial charge in [-0.05, 0) is 43.5 Å². The van der Waals surface area contributed by atoms with Crippen LogP contribution < -0.4 is 5.32 Å². The van der Waals surface area contributed by atoms with Gasteiger partial charge in [0.2, 0.25) is 0 Å². The normalized spacial score (nSPS) is 15.0. The Morgan fingerprint density at radius 1 is 1.23 bits per heavy atom. The maximum atomic E-state index is 13.9. The summed E-state index contributed by atoms with van der Waals surface area (Å²) >= 11 is 0. The lowest BCUT2D eigenvalue weighted by atomic mass is 9.99. The Morgan fingerprint density at radius 3 is 2.62 bits per heavy atom. The molecule has 1 saturated carbocycles. The molecule has 0 aliphatic heterocycles. The highest BCUT2D eigenvalue weighted by molar-refractivity contribution is 5.95. The maximum absolute atomic E-state index is 13.9. The topological polar surface area (TPSA) is 62.2 Å². The molecule has 0 saturated heterocycles. The monoisotopic (exact) mass is 350 g/mol. The average Bonchev–Trinajstić information content (AvgIpc) is 3.40. The number of hydrogen-bond donors (Lipinski definition) is 2. The first-order chi connectivity index (χ1) is 12.5. The molecule has 1 aliphatic carbocycles. The zero-order valence-electron chi connectivity index (χ0n) is 14.4. The Morgan fingerprint density at radius 2 is 1.96 bits per heavy atom. The Balaban J connectivity index is 1.89. The van der Waals surface area contributed by atoms with Crippen molar-refractivity contribution in [3.05, 3.63) is 71.2 Å². The molecule has 1 aliphatic rings. The first kappa shape index (κ1) is 16.5. The number of aryl methyl sites for hydroxylation is 1. The molecule has 26 heavy (non-hydrogen) atoms. The number of nitrogens with zero attached hydrogens (tertiary/aromatic N) is 1. The van der Waals surface area contributed by atoms with E-state index in [4.69, 9.17) is 0 Å². The second-order valence-electron chi connectivity index (χ2n) is 6.86. The highest BCUT2D eigenvalue weighted by Crippen LogP contribution is 2.49. The summed E-state index contributed by atoms with van der Waals surface area (Å²) in [4.78, 5) is 15.9. The number of benzene rings is 2. The van der Waals surface area contributed by atoms with Crippen LogP contribution in [0, 0.1) is 12.7 Å². The summed E-state index contributed by atoms with van der Waals surface area (Å²) in [6.07, 6.45) is 1.74. The Labute approximate surface area is 150 Å². The predicted molar refractivity (Wildman–Crippen MR) is 98.8 cm³/mol. The van der Waals surface area contributed by atoms with E-state index in [-0.39, 0.29) is 17.8 Å². The van der Waals surface area contributed by atoms with E-state index in [0.717, 1.165) is 18.4 Å². The number of rotatable bonds is 5. The van der Waals surface area contributed by atoms with Crippen LogP contribution in [0.3, 0.4) is 0 Å². The molecule has 0 amide bonds. The van der Waals surface area contributed by atoms with Crippen LogP contribution >= 0.6 is 0 Å². The standard InChI is InChI=1S/C21H19FN2O2/c1-13-16(12-19(25)26)20(17-11-15(22)7-8-18(17)23-13)24-21(9-10-21)14-5-3-2-4-6-14/h2-8,11H,9-10,12H2,1H3,(H,23,24)(H,25,26). The molecule has 4 rings (SSSR count). The number of carbonyl (C=O) groups is 1. The molecule has 1 fully saturated rings. The van der Waals surface area contributed by atoms with Gasteiger partial charge in [0, 0.05) is 22.3 Å². The number of aromatic nitrogens is 1. The van der Waals surface area contributed by atoms with Crippen LogP contribution in [-0.4, -0.2) is 16.1 Å².